The van der Waals surface area contributed by atoms with Gasteiger partial charge < -0.3 is 10.6 Å². The first-order valence-electron chi connectivity index (χ1n) is 9.07. The molecule has 0 aliphatic rings. The van der Waals surface area contributed by atoms with Gasteiger partial charge in [0.2, 0.25) is 0 Å². The summed E-state index contributed by atoms with van der Waals surface area (Å²) in [5, 5.41) is 17.0. The average Bonchev–Trinajstić information content (AvgIpc) is 2.78. The zero-order valence-corrected chi connectivity index (χ0v) is 15.5. The zero-order valence-electron chi connectivity index (χ0n) is 15.5. The molecule has 0 saturated carbocycles. The average molecular weight is 379 g/mol. The SMILES string of the molecule is N#Cc1ccc(CNc2ccccc2C(=O)Nc2cc3ccccc3cn2)cn1. The van der Waals surface area contributed by atoms with Gasteiger partial charge in [0.15, 0.2) is 0 Å². The Balaban J connectivity index is 1.50. The number of anilines is 2. The van der Waals surface area contributed by atoms with Crippen LogP contribution in [0.4, 0.5) is 11.5 Å². The number of hydrogen-bond acceptors (Lipinski definition) is 5. The molecule has 0 atom stereocenters. The number of para-hydroxylation sites is 1. The van der Waals surface area contributed by atoms with Crippen LogP contribution >= 0.6 is 0 Å². The van der Waals surface area contributed by atoms with Crippen molar-refractivity contribution < 1.29 is 4.79 Å². The normalized spacial score (nSPS) is 10.3. The van der Waals surface area contributed by atoms with Crippen molar-refractivity contribution in [3.63, 3.8) is 0 Å². The zero-order chi connectivity index (χ0) is 20.1. The maximum absolute atomic E-state index is 12.8. The highest BCUT2D eigenvalue weighted by Gasteiger charge is 2.12. The second-order valence-corrected chi connectivity index (χ2v) is 6.43. The number of carbonyl (C=O) groups is 1. The van der Waals surface area contributed by atoms with Crippen molar-refractivity contribution in [1.82, 2.24) is 9.97 Å². The molecule has 0 fully saturated rings. The van der Waals surface area contributed by atoms with Crippen molar-refractivity contribution in [2.75, 3.05) is 10.6 Å². The molecule has 6 heteroatoms. The first kappa shape index (κ1) is 18.1. The molecular weight excluding hydrogens is 362 g/mol. The third kappa shape index (κ3) is 4.20. The summed E-state index contributed by atoms with van der Waals surface area (Å²) >= 11 is 0. The highest BCUT2D eigenvalue weighted by molar-refractivity contribution is 6.08. The van der Waals surface area contributed by atoms with Crippen LogP contribution < -0.4 is 10.6 Å². The minimum atomic E-state index is -0.242. The monoisotopic (exact) mass is 379 g/mol. The van der Waals surface area contributed by atoms with Gasteiger partial charge in [-0.2, -0.15) is 5.26 Å². The number of hydrogen-bond donors (Lipinski definition) is 2. The summed E-state index contributed by atoms with van der Waals surface area (Å²) < 4.78 is 0. The molecule has 4 aromatic rings. The van der Waals surface area contributed by atoms with Crippen molar-refractivity contribution in [2.45, 2.75) is 6.54 Å². The van der Waals surface area contributed by atoms with E-state index in [1.807, 2.05) is 60.7 Å². The maximum Gasteiger partial charge on any atom is 0.258 e. The van der Waals surface area contributed by atoms with E-state index in [9.17, 15) is 4.79 Å². The molecule has 4 rings (SSSR count). The molecule has 1 amide bonds. The minimum Gasteiger partial charge on any atom is -0.380 e. The number of nitrogens with zero attached hydrogens (tertiary/aromatic N) is 3. The van der Waals surface area contributed by atoms with Crippen LogP contribution in [0.3, 0.4) is 0 Å². The summed E-state index contributed by atoms with van der Waals surface area (Å²) in [5.41, 5.74) is 2.51. The lowest BCUT2D eigenvalue weighted by atomic mass is 10.1. The number of nitriles is 1. The third-order valence-electron chi connectivity index (χ3n) is 4.47. The molecule has 2 aromatic carbocycles. The Bertz CT molecular complexity index is 1210. The van der Waals surface area contributed by atoms with E-state index in [4.69, 9.17) is 5.26 Å². The van der Waals surface area contributed by atoms with Crippen LogP contribution in [0, 0.1) is 11.3 Å². The maximum atomic E-state index is 12.8. The highest BCUT2D eigenvalue weighted by Crippen LogP contribution is 2.20. The lowest BCUT2D eigenvalue weighted by Gasteiger charge is -2.12. The highest BCUT2D eigenvalue weighted by atomic mass is 16.1. The van der Waals surface area contributed by atoms with Crippen LogP contribution in [-0.2, 0) is 6.54 Å². The topological polar surface area (TPSA) is 90.7 Å². The number of aromatic nitrogens is 2. The molecule has 29 heavy (non-hydrogen) atoms. The predicted octanol–water partition coefficient (Wildman–Crippen LogP) is 4.37. The van der Waals surface area contributed by atoms with Gasteiger partial charge in [-0.3, -0.25) is 4.79 Å². The molecular formula is C23H17N5O. The molecule has 0 spiro atoms. The third-order valence-corrected chi connectivity index (χ3v) is 4.47. The van der Waals surface area contributed by atoms with Crippen LogP contribution in [-0.4, -0.2) is 15.9 Å². The minimum absolute atomic E-state index is 0.242. The van der Waals surface area contributed by atoms with Crippen LogP contribution in [0.15, 0.2) is 79.1 Å². The van der Waals surface area contributed by atoms with Crippen molar-refractivity contribution >= 4 is 28.2 Å². The van der Waals surface area contributed by atoms with Gasteiger partial charge in [0.25, 0.3) is 5.91 Å². The molecule has 2 aromatic heterocycles. The number of fused-ring (bicyclic) bond motifs is 1. The van der Waals surface area contributed by atoms with Gasteiger partial charge in [0.1, 0.15) is 17.6 Å². The molecule has 0 unspecified atom stereocenters. The quantitative estimate of drug-likeness (QED) is 0.537. The number of nitrogens with one attached hydrogen (secondary N) is 2. The molecule has 0 aliphatic carbocycles. The Hall–Kier alpha value is -4.24. The molecule has 2 heterocycles. The summed E-state index contributed by atoms with van der Waals surface area (Å²) in [5.74, 6) is 0.258. The Labute approximate surface area is 167 Å². The first-order chi connectivity index (χ1) is 14.2. The predicted molar refractivity (Wildman–Crippen MR) is 112 cm³/mol. The molecule has 6 nitrogen and oxygen atoms in total. The fourth-order valence-corrected chi connectivity index (χ4v) is 2.96. The van der Waals surface area contributed by atoms with Gasteiger partial charge in [0, 0.05) is 30.0 Å². The molecule has 0 bridgehead atoms. The van der Waals surface area contributed by atoms with Crippen LogP contribution in [0.2, 0.25) is 0 Å². The summed E-state index contributed by atoms with van der Waals surface area (Å²) in [6.45, 7) is 0.483. The lowest BCUT2D eigenvalue weighted by Crippen LogP contribution is -2.15. The summed E-state index contributed by atoms with van der Waals surface area (Å²) in [6, 6.07) is 22.5. The number of carbonyl (C=O) groups excluding carboxylic acids is 1. The van der Waals surface area contributed by atoms with E-state index in [0.717, 1.165) is 16.3 Å². The summed E-state index contributed by atoms with van der Waals surface area (Å²) in [6.07, 6.45) is 3.39. The van der Waals surface area contributed by atoms with E-state index in [1.54, 1.807) is 24.5 Å². The van der Waals surface area contributed by atoms with Gasteiger partial charge in [0.05, 0.1) is 5.56 Å². The van der Waals surface area contributed by atoms with E-state index >= 15 is 0 Å². The standard InChI is InChI=1S/C23H17N5O/c24-12-19-10-9-16(13-25-19)14-26-21-8-4-3-7-20(21)23(29)28-22-11-17-5-1-2-6-18(17)15-27-22/h1-11,13,15,26H,14H2,(H,27,28,29). The van der Waals surface area contributed by atoms with Crippen molar-refractivity contribution in [1.29, 1.82) is 5.26 Å². The Morgan fingerprint density at radius 3 is 2.52 bits per heavy atom. The van der Waals surface area contributed by atoms with Gasteiger partial charge in [-0.25, -0.2) is 9.97 Å². The largest absolute Gasteiger partial charge is 0.380 e. The second kappa shape index (κ2) is 8.19. The number of pyridine rings is 2. The number of amides is 1. The van der Waals surface area contributed by atoms with E-state index in [-0.39, 0.29) is 5.91 Å². The van der Waals surface area contributed by atoms with Gasteiger partial charge in [-0.05, 0) is 35.2 Å². The molecule has 140 valence electrons. The Morgan fingerprint density at radius 1 is 0.931 bits per heavy atom. The number of benzene rings is 2. The van der Waals surface area contributed by atoms with E-state index in [0.29, 0.717) is 29.3 Å². The molecule has 0 aliphatic heterocycles. The fraction of sp³-hybridized carbons (Fsp3) is 0.0435. The van der Waals surface area contributed by atoms with Gasteiger partial charge >= 0.3 is 0 Å². The van der Waals surface area contributed by atoms with E-state index in [2.05, 4.69) is 20.6 Å². The summed E-state index contributed by atoms with van der Waals surface area (Å²) in [4.78, 5) is 21.2. The van der Waals surface area contributed by atoms with Crippen LogP contribution in [0.25, 0.3) is 10.8 Å². The summed E-state index contributed by atoms with van der Waals surface area (Å²) in [7, 11) is 0. The smallest absolute Gasteiger partial charge is 0.258 e. The van der Waals surface area contributed by atoms with Crippen LogP contribution in [0.5, 0.6) is 0 Å². The Morgan fingerprint density at radius 2 is 1.72 bits per heavy atom. The van der Waals surface area contributed by atoms with Crippen molar-refractivity contribution in [2.24, 2.45) is 0 Å². The van der Waals surface area contributed by atoms with Gasteiger partial charge in [-0.1, -0.05) is 42.5 Å². The fourth-order valence-electron chi connectivity index (χ4n) is 2.96. The molecule has 0 saturated heterocycles. The molecule has 0 radical (unpaired) electrons. The number of rotatable bonds is 5. The van der Waals surface area contributed by atoms with E-state index in [1.165, 1.54) is 0 Å². The first-order valence-corrected chi connectivity index (χ1v) is 9.07. The second-order valence-electron chi connectivity index (χ2n) is 6.43. The van der Waals surface area contributed by atoms with Gasteiger partial charge in [-0.15, -0.1) is 0 Å². The van der Waals surface area contributed by atoms with Crippen LogP contribution in [0.1, 0.15) is 21.6 Å². The lowest BCUT2D eigenvalue weighted by molar-refractivity contribution is 0.102. The van der Waals surface area contributed by atoms with Crippen molar-refractivity contribution in [3.8, 4) is 6.07 Å². The van der Waals surface area contributed by atoms with Crippen molar-refractivity contribution in [3.05, 3.63) is 95.9 Å². The Kier molecular flexibility index (Phi) is 5.12. The van der Waals surface area contributed by atoms with E-state index < -0.39 is 0 Å². The molecule has 2 N–H and O–H groups in total.